The van der Waals surface area contributed by atoms with Crippen LogP contribution in [0.5, 0.6) is 5.75 Å². The third-order valence-electron chi connectivity index (χ3n) is 4.79. The van der Waals surface area contributed by atoms with Crippen LogP contribution in [0.1, 0.15) is 36.9 Å². The Bertz CT molecular complexity index is 820. The van der Waals surface area contributed by atoms with E-state index in [2.05, 4.69) is 16.9 Å². The Hall–Kier alpha value is -2.09. The van der Waals surface area contributed by atoms with Gasteiger partial charge >= 0.3 is 5.97 Å². The van der Waals surface area contributed by atoms with Crippen molar-refractivity contribution in [2.24, 2.45) is 0 Å². The average Bonchev–Trinajstić information content (AvgIpc) is 2.61. The van der Waals surface area contributed by atoms with Gasteiger partial charge in [-0.05, 0) is 49.6 Å². The number of carboxylic acid groups (broad SMARTS) is 1. The van der Waals surface area contributed by atoms with Crippen molar-refractivity contribution in [3.8, 4) is 17.0 Å². The fourth-order valence-electron chi connectivity index (χ4n) is 3.47. The lowest BCUT2D eigenvalue weighted by Gasteiger charge is -2.31. The van der Waals surface area contributed by atoms with E-state index in [0.717, 1.165) is 37.1 Å². The molecule has 1 aliphatic heterocycles. The maximum atomic E-state index is 11.0. The molecule has 1 fully saturated rings. The predicted molar refractivity (Wildman–Crippen MR) is 113 cm³/mol. The van der Waals surface area contributed by atoms with E-state index in [1.807, 2.05) is 23.1 Å². The maximum absolute atomic E-state index is 11.0. The summed E-state index contributed by atoms with van der Waals surface area (Å²) in [7, 11) is 0. The van der Waals surface area contributed by atoms with Gasteiger partial charge in [0.2, 0.25) is 5.95 Å². The van der Waals surface area contributed by atoms with Gasteiger partial charge in [-0.3, -0.25) is 9.69 Å². The zero-order chi connectivity index (χ0) is 18.7. The summed E-state index contributed by atoms with van der Waals surface area (Å²) in [4.78, 5) is 21.6. The summed E-state index contributed by atoms with van der Waals surface area (Å²) in [5.74, 6) is -0.407. The molecule has 7 nitrogen and oxygen atoms in total. The van der Waals surface area contributed by atoms with E-state index in [9.17, 15) is 9.90 Å². The summed E-state index contributed by atoms with van der Waals surface area (Å²) < 4.78 is 0. The number of aromatic hydroxyl groups is 1. The van der Waals surface area contributed by atoms with Gasteiger partial charge in [0.15, 0.2) is 0 Å². The van der Waals surface area contributed by atoms with Crippen molar-refractivity contribution in [2.75, 3.05) is 25.4 Å². The number of rotatable bonds is 5. The van der Waals surface area contributed by atoms with E-state index in [0.29, 0.717) is 17.8 Å². The Balaban J connectivity index is 0.00000196. The molecule has 2 heterocycles. The molecule has 1 aromatic carbocycles. The Morgan fingerprint density at radius 2 is 2.04 bits per heavy atom. The van der Waals surface area contributed by atoms with Gasteiger partial charge in [0.25, 0.3) is 0 Å². The molecule has 0 saturated carbocycles. The number of nitrogen functional groups attached to an aromatic ring is 1. The molecule has 1 aromatic heterocycles. The minimum absolute atomic E-state index is 0. The molecule has 1 unspecified atom stereocenters. The number of aryl methyl sites for hydroxylation is 1. The van der Waals surface area contributed by atoms with Crippen molar-refractivity contribution in [1.29, 1.82) is 0 Å². The van der Waals surface area contributed by atoms with E-state index in [4.69, 9.17) is 10.8 Å². The summed E-state index contributed by atoms with van der Waals surface area (Å²) >= 11 is 0. The molecule has 1 saturated heterocycles. The second kappa shape index (κ2) is 10.5. The van der Waals surface area contributed by atoms with Crippen molar-refractivity contribution in [2.45, 2.75) is 32.1 Å². The fourth-order valence-corrected chi connectivity index (χ4v) is 3.47. The molecule has 9 heteroatoms. The van der Waals surface area contributed by atoms with Crippen LogP contribution in [0, 0.1) is 0 Å². The number of halogens is 2. The van der Waals surface area contributed by atoms with E-state index < -0.39 is 5.97 Å². The SMILES string of the molecule is CCc1ccc(O)c(-c2cc(C3CCCN(CC(=O)O)C3)nc(N)n2)c1.Cl.Cl. The molecular formula is C19H26Cl2N4O3. The van der Waals surface area contributed by atoms with Crippen molar-refractivity contribution in [3.63, 3.8) is 0 Å². The zero-order valence-corrected chi connectivity index (χ0v) is 17.3. The Labute approximate surface area is 176 Å². The predicted octanol–water partition coefficient (Wildman–Crippen LogP) is 3.10. The number of hydrogen-bond acceptors (Lipinski definition) is 6. The number of anilines is 1. The molecule has 28 heavy (non-hydrogen) atoms. The molecule has 154 valence electrons. The van der Waals surface area contributed by atoms with Gasteiger partial charge in [0.05, 0.1) is 17.9 Å². The first-order valence-corrected chi connectivity index (χ1v) is 8.87. The molecule has 4 N–H and O–H groups in total. The third-order valence-corrected chi connectivity index (χ3v) is 4.79. The summed E-state index contributed by atoms with van der Waals surface area (Å²) in [6, 6.07) is 7.33. The van der Waals surface area contributed by atoms with Crippen molar-refractivity contribution in [1.82, 2.24) is 14.9 Å². The number of likely N-dealkylation sites (tertiary alicyclic amines) is 1. The van der Waals surface area contributed by atoms with Crippen LogP contribution in [-0.2, 0) is 11.2 Å². The number of carboxylic acids is 1. The van der Waals surface area contributed by atoms with Gasteiger partial charge in [-0.15, -0.1) is 24.8 Å². The Kier molecular flexibility index (Phi) is 8.94. The van der Waals surface area contributed by atoms with Gasteiger partial charge in [0, 0.05) is 18.0 Å². The fraction of sp³-hybridized carbons (Fsp3) is 0.421. The van der Waals surface area contributed by atoms with Gasteiger partial charge < -0.3 is 15.9 Å². The smallest absolute Gasteiger partial charge is 0.317 e. The van der Waals surface area contributed by atoms with E-state index >= 15 is 0 Å². The van der Waals surface area contributed by atoms with Gasteiger partial charge in [0.1, 0.15) is 5.75 Å². The van der Waals surface area contributed by atoms with Crippen LogP contribution in [0.3, 0.4) is 0 Å². The summed E-state index contributed by atoms with van der Waals surface area (Å²) in [6.07, 6.45) is 2.69. The average molecular weight is 429 g/mol. The van der Waals surface area contributed by atoms with E-state index in [-0.39, 0.29) is 49.0 Å². The monoisotopic (exact) mass is 428 g/mol. The standard InChI is InChI=1S/C19H24N4O3.2ClH/c1-2-12-5-6-17(24)14(8-12)16-9-15(21-19(20)22-16)13-4-3-7-23(10-13)11-18(25)26;;/h5-6,8-9,13,24H,2-4,7,10-11H2,1H3,(H,25,26)(H2,20,21,22);2*1H. The van der Waals surface area contributed by atoms with Crippen molar-refractivity contribution < 1.29 is 15.0 Å². The van der Waals surface area contributed by atoms with Gasteiger partial charge in [-0.25, -0.2) is 9.97 Å². The summed E-state index contributed by atoms with van der Waals surface area (Å²) in [5, 5.41) is 19.3. The second-order valence-electron chi connectivity index (χ2n) is 6.71. The first-order chi connectivity index (χ1) is 12.5. The van der Waals surface area contributed by atoms with Crippen LogP contribution in [0.25, 0.3) is 11.3 Å². The highest BCUT2D eigenvalue weighted by atomic mass is 35.5. The molecule has 2 aromatic rings. The van der Waals surface area contributed by atoms with Gasteiger partial charge in [-0.2, -0.15) is 0 Å². The number of benzene rings is 1. The largest absolute Gasteiger partial charge is 0.507 e. The zero-order valence-electron chi connectivity index (χ0n) is 15.7. The van der Waals surface area contributed by atoms with Gasteiger partial charge in [-0.1, -0.05) is 13.0 Å². The van der Waals surface area contributed by atoms with Crippen LogP contribution >= 0.6 is 24.8 Å². The highest BCUT2D eigenvalue weighted by Gasteiger charge is 2.25. The third kappa shape index (κ3) is 5.70. The number of phenolic OH excluding ortho intramolecular Hbond substituents is 1. The molecule has 3 rings (SSSR count). The Morgan fingerprint density at radius 1 is 1.29 bits per heavy atom. The van der Waals surface area contributed by atoms with E-state index in [1.54, 1.807) is 6.07 Å². The number of phenols is 1. The number of hydrogen-bond donors (Lipinski definition) is 3. The topological polar surface area (TPSA) is 113 Å². The quantitative estimate of drug-likeness (QED) is 0.670. The Morgan fingerprint density at radius 3 is 2.71 bits per heavy atom. The van der Waals surface area contributed by atoms with Crippen LogP contribution in [0.4, 0.5) is 5.95 Å². The summed E-state index contributed by atoms with van der Waals surface area (Å²) in [6.45, 7) is 3.48. The lowest BCUT2D eigenvalue weighted by molar-refractivity contribution is -0.138. The van der Waals surface area contributed by atoms with Crippen LogP contribution in [-0.4, -0.2) is 50.7 Å². The van der Waals surface area contributed by atoms with Crippen molar-refractivity contribution >= 4 is 36.7 Å². The van der Waals surface area contributed by atoms with E-state index in [1.165, 1.54) is 0 Å². The molecule has 0 aliphatic carbocycles. The lowest BCUT2D eigenvalue weighted by Crippen LogP contribution is -2.38. The normalized spacial score (nSPS) is 16.7. The number of aliphatic carboxylic acids is 1. The maximum Gasteiger partial charge on any atom is 0.317 e. The molecule has 1 atom stereocenters. The van der Waals surface area contributed by atoms with Crippen LogP contribution in [0.2, 0.25) is 0 Å². The molecule has 0 spiro atoms. The van der Waals surface area contributed by atoms with Crippen LogP contribution < -0.4 is 5.73 Å². The molecule has 0 amide bonds. The first kappa shape index (κ1) is 23.9. The number of nitrogens with two attached hydrogens (primary N) is 1. The molecule has 0 bridgehead atoms. The van der Waals surface area contributed by atoms with Crippen LogP contribution in [0.15, 0.2) is 24.3 Å². The lowest BCUT2D eigenvalue weighted by atomic mass is 9.93. The number of piperidine rings is 1. The highest BCUT2D eigenvalue weighted by Crippen LogP contribution is 2.33. The molecule has 1 aliphatic rings. The second-order valence-corrected chi connectivity index (χ2v) is 6.71. The number of nitrogens with zero attached hydrogens (tertiary/aromatic N) is 3. The number of aromatic nitrogens is 2. The minimum atomic E-state index is -0.824. The highest BCUT2D eigenvalue weighted by molar-refractivity contribution is 5.85. The van der Waals surface area contributed by atoms with Crippen molar-refractivity contribution in [3.05, 3.63) is 35.5 Å². The minimum Gasteiger partial charge on any atom is -0.507 e. The first-order valence-electron chi connectivity index (χ1n) is 8.87. The summed E-state index contributed by atoms with van der Waals surface area (Å²) in [5.41, 5.74) is 9.05. The molecular weight excluding hydrogens is 403 g/mol. The molecule has 0 radical (unpaired) electrons. The number of carbonyl (C=O) groups is 1.